The first kappa shape index (κ1) is 14.8. The van der Waals surface area contributed by atoms with Gasteiger partial charge in [-0.1, -0.05) is 0 Å². The number of anilines is 1. The van der Waals surface area contributed by atoms with E-state index >= 15 is 0 Å². The molecule has 1 amide bonds. The summed E-state index contributed by atoms with van der Waals surface area (Å²) >= 11 is 0. The number of nitrogens with zero attached hydrogens (tertiary/aromatic N) is 2. The molecular formula is C15H24N4O. The van der Waals surface area contributed by atoms with Crippen molar-refractivity contribution in [2.24, 2.45) is 0 Å². The molecule has 1 saturated heterocycles. The number of carbonyl (C=O) groups is 1. The molecule has 110 valence electrons. The smallest absolute Gasteiger partial charge is 0.251 e. The number of likely N-dealkylation sites (tertiary alicyclic amines) is 1. The second-order valence-electron chi connectivity index (χ2n) is 5.40. The predicted octanol–water partition coefficient (Wildman–Crippen LogP) is 1.65. The fourth-order valence-electron chi connectivity index (χ4n) is 2.62. The quantitative estimate of drug-likeness (QED) is 0.858. The molecule has 0 aliphatic carbocycles. The highest BCUT2D eigenvalue weighted by Crippen LogP contribution is 2.14. The Bertz CT molecular complexity index is 475. The number of aryl methyl sites for hydroxylation is 1. The number of pyridine rings is 1. The van der Waals surface area contributed by atoms with E-state index in [4.69, 9.17) is 0 Å². The summed E-state index contributed by atoms with van der Waals surface area (Å²) in [4.78, 5) is 18.9. The molecule has 0 saturated carbocycles. The minimum Gasteiger partial charge on any atom is -0.370 e. The van der Waals surface area contributed by atoms with Gasteiger partial charge in [0.1, 0.15) is 5.82 Å². The van der Waals surface area contributed by atoms with Crippen molar-refractivity contribution in [2.75, 3.05) is 32.0 Å². The summed E-state index contributed by atoms with van der Waals surface area (Å²) in [5.41, 5.74) is 1.53. The maximum atomic E-state index is 12.2. The number of nitrogens with one attached hydrogen (secondary N) is 2. The Morgan fingerprint density at radius 2 is 2.30 bits per heavy atom. The molecule has 1 aromatic rings. The molecule has 20 heavy (non-hydrogen) atoms. The van der Waals surface area contributed by atoms with Crippen LogP contribution in [-0.4, -0.2) is 48.5 Å². The van der Waals surface area contributed by atoms with Gasteiger partial charge in [-0.3, -0.25) is 4.79 Å². The molecule has 5 nitrogen and oxygen atoms in total. The van der Waals surface area contributed by atoms with Crippen LogP contribution < -0.4 is 10.6 Å². The number of hydrogen-bond acceptors (Lipinski definition) is 4. The van der Waals surface area contributed by atoms with E-state index < -0.39 is 0 Å². The maximum absolute atomic E-state index is 12.2. The van der Waals surface area contributed by atoms with Gasteiger partial charge in [-0.2, -0.15) is 0 Å². The fraction of sp³-hybridized carbons (Fsp3) is 0.600. The van der Waals surface area contributed by atoms with Crippen molar-refractivity contribution in [3.63, 3.8) is 0 Å². The van der Waals surface area contributed by atoms with Crippen molar-refractivity contribution in [3.05, 3.63) is 23.4 Å². The van der Waals surface area contributed by atoms with Crippen molar-refractivity contribution in [1.29, 1.82) is 0 Å². The first-order chi connectivity index (χ1) is 9.60. The summed E-state index contributed by atoms with van der Waals surface area (Å²) in [6, 6.07) is 4.11. The molecule has 0 bridgehead atoms. The highest BCUT2D eigenvalue weighted by molar-refractivity contribution is 5.95. The second kappa shape index (κ2) is 6.70. The van der Waals surface area contributed by atoms with Crippen molar-refractivity contribution in [2.45, 2.75) is 32.7 Å². The van der Waals surface area contributed by atoms with Crippen LogP contribution in [0.1, 0.15) is 35.8 Å². The van der Waals surface area contributed by atoms with Gasteiger partial charge in [0.2, 0.25) is 0 Å². The molecule has 1 aliphatic rings. The van der Waals surface area contributed by atoms with Gasteiger partial charge in [0, 0.05) is 30.4 Å². The summed E-state index contributed by atoms with van der Waals surface area (Å²) in [5.74, 6) is 0.741. The van der Waals surface area contributed by atoms with Crippen molar-refractivity contribution >= 4 is 11.7 Å². The van der Waals surface area contributed by atoms with Gasteiger partial charge in [-0.25, -0.2) is 4.98 Å². The standard InChI is InChI=1S/C15H24N4O/c1-4-16-14-9-12(8-11(2)18-14)15(20)17-10-13-6-5-7-19(13)3/h8-9,13H,4-7,10H2,1-3H3,(H,16,18)(H,17,20). The minimum atomic E-state index is -0.0186. The van der Waals surface area contributed by atoms with E-state index in [0.29, 0.717) is 18.2 Å². The number of rotatable bonds is 5. The second-order valence-corrected chi connectivity index (χ2v) is 5.40. The van der Waals surface area contributed by atoms with Crippen molar-refractivity contribution < 1.29 is 4.79 Å². The Morgan fingerprint density at radius 1 is 1.50 bits per heavy atom. The third-order valence-corrected chi connectivity index (χ3v) is 3.74. The Balaban J connectivity index is 1.97. The number of aromatic nitrogens is 1. The van der Waals surface area contributed by atoms with Gasteiger partial charge in [-0.15, -0.1) is 0 Å². The molecule has 0 spiro atoms. The van der Waals surface area contributed by atoms with E-state index in [1.165, 1.54) is 6.42 Å². The monoisotopic (exact) mass is 276 g/mol. The lowest BCUT2D eigenvalue weighted by atomic mass is 10.2. The summed E-state index contributed by atoms with van der Waals surface area (Å²) in [5, 5.41) is 6.18. The van der Waals surface area contributed by atoms with Crippen LogP contribution in [0, 0.1) is 6.92 Å². The zero-order valence-corrected chi connectivity index (χ0v) is 12.6. The minimum absolute atomic E-state index is 0.0186. The number of hydrogen-bond donors (Lipinski definition) is 2. The van der Waals surface area contributed by atoms with Crippen LogP contribution in [0.2, 0.25) is 0 Å². The first-order valence-electron chi connectivity index (χ1n) is 7.31. The van der Waals surface area contributed by atoms with Crippen molar-refractivity contribution in [3.8, 4) is 0 Å². The van der Waals surface area contributed by atoms with Crippen LogP contribution in [0.3, 0.4) is 0 Å². The van der Waals surface area contributed by atoms with E-state index in [0.717, 1.165) is 31.0 Å². The SMILES string of the molecule is CCNc1cc(C(=O)NCC2CCCN2C)cc(C)n1. The van der Waals surface area contributed by atoms with Crippen LogP contribution in [0.4, 0.5) is 5.82 Å². The molecule has 1 atom stereocenters. The maximum Gasteiger partial charge on any atom is 0.251 e. The van der Waals surface area contributed by atoms with Gasteiger partial charge >= 0.3 is 0 Å². The lowest BCUT2D eigenvalue weighted by Gasteiger charge is -2.19. The zero-order chi connectivity index (χ0) is 14.5. The molecule has 2 rings (SSSR count). The molecule has 0 aromatic carbocycles. The number of likely N-dealkylation sites (N-methyl/N-ethyl adjacent to an activating group) is 1. The van der Waals surface area contributed by atoms with Crippen LogP contribution in [0.25, 0.3) is 0 Å². The van der Waals surface area contributed by atoms with Crippen LogP contribution in [0.15, 0.2) is 12.1 Å². The van der Waals surface area contributed by atoms with E-state index in [2.05, 4.69) is 27.6 Å². The van der Waals surface area contributed by atoms with Gasteiger partial charge in [-0.05, 0) is 52.4 Å². The predicted molar refractivity (Wildman–Crippen MR) is 81.1 cm³/mol. The largest absolute Gasteiger partial charge is 0.370 e. The number of amides is 1. The van der Waals surface area contributed by atoms with Crippen LogP contribution >= 0.6 is 0 Å². The van der Waals surface area contributed by atoms with Gasteiger partial charge in [0.15, 0.2) is 0 Å². The Morgan fingerprint density at radius 3 is 2.95 bits per heavy atom. The molecule has 2 N–H and O–H groups in total. The van der Waals surface area contributed by atoms with E-state index in [-0.39, 0.29) is 5.91 Å². The van der Waals surface area contributed by atoms with Crippen molar-refractivity contribution in [1.82, 2.24) is 15.2 Å². The molecule has 1 fully saturated rings. The highest BCUT2D eigenvalue weighted by Gasteiger charge is 2.21. The normalized spacial score (nSPS) is 19.1. The molecule has 1 aromatic heterocycles. The molecule has 1 aliphatic heterocycles. The summed E-state index contributed by atoms with van der Waals surface area (Å²) < 4.78 is 0. The summed E-state index contributed by atoms with van der Waals surface area (Å²) in [7, 11) is 2.11. The topological polar surface area (TPSA) is 57.3 Å². The lowest BCUT2D eigenvalue weighted by molar-refractivity contribution is 0.0943. The first-order valence-corrected chi connectivity index (χ1v) is 7.31. The zero-order valence-electron chi connectivity index (χ0n) is 12.6. The molecular weight excluding hydrogens is 252 g/mol. The Hall–Kier alpha value is -1.62. The van der Waals surface area contributed by atoms with E-state index in [9.17, 15) is 4.79 Å². The lowest BCUT2D eigenvalue weighted by Crippen LogP contribution is -2.38. The molecule has 1 unspecified atom stereocenters. The Labute approximate surface area is 120 Å². The number of carbonyl (C=O) groups excluding carboxylic acids is 1. The van der Waals surface area contributed by atoms with Crippen LogP contribution in [0.5, 0.6) is 0 Å². The Kier molecular flexibility index (Phi) is 4.95. The highest BCUT2D eigenvalue weighted by atomic mass is 16.1. The average Bonchev–Trinajstić information content (AvgIpc) is 2.81. The van der Waals surface area contributed by atoms with Gasteiger partial charge in [0.25, 0.3) is 5.91 Å². The molecule has 0 radical (unpaired) electrons. The fourth-order valence-corrected chi connectivity index (χ4v) is 2.62. The van der Waals surface area contributed by atoms with E-state index in [1.807, 2.05) is 26.0 Å². The molecule has 2 heterocycles. The third-order valence-electron chi connectivity index (χ3n) is 3.74. The molecule has 5 heteroatoms. The van der Waals surface area contributed by atoms with Crippen LogP contribution in [-0.2, 0) is 0 Å². The average molecular weight is 276 g/mol. The van der Waals surface area contributed by atoms with Gasteiger partial charge < -0.3 is 15.5 Å². The third kappa shape index (κ3) is 3.70. The summed E-state index contributed by atoms with van der Waals surface area (Å²) in [6.07, 6.45) is 2.38. The summed E-state index contributed by atoms with van der Waals surface area (Å²) in [6.45, 7) is 6.55. The van der Waals surface area contributed by atoms with Gasteiger partial charge in [0.05, 0.1) is 0 Å². The van der Waals surface area contributed by atoms with E-state index in [1.54, 1.807) is 0 Å².